The van der Waals surface area contributed by atoms with Crippen molar-refractivity contribution in [1.29, 1.82) is 0 Å². The van der Waals surface area contributed by atoms with Gasteiger partial charge in [0.05, 0.1) is 0 Å². The molecule has 6 nitrogen and oxygen atoms in total. The molecule has 2 N–H and O–H groups in total. The average molecular weight is 438 g/mol. The van der Waals surface area contributed by atoms with Crippen LogP contribution in [-0.4, -0.2) is 44.0 Å². The highest BCUT2D eigenvalue weighted by molar-refractivity contribution is 9.10. The van der Waals surface area contributed by atoms with Crippen molar-refractivity contribution in [2.24, 2.45) is 0 Å². The number of halogens is 1. The number of piperazine rings is 1. The first-order chi connectivity index (χ1) is 12.5. The number of carbonyl (C=O) groups is 1. The van der Waals surface area contributed by atoms with Gasteiger partial charge in [0, 0.05) is 48.0 Å². The highest BCUT2D eigenvalue weighted by Gasteiger charge is 2.12. The van der Waals surface area contributed by atoms with Gasteiger partial charge in [0.15, 0.2) is 5.30 Å². The van der Waals surface area contributed by atoms with Gasteiger partial charge in [0.25, 0.3) is 5.91 Å². The van der Waals surface area contributed by atoms with E-state index in [4.69, 9.17) is 0 Å². The number of anilines is 1. The van der Waals surface area contributed by atoms with Crippen molar-refractivity contribution in [3.05, 3.63) is 58.6 Å². The van der Waals surface area contributed by atoms with E-state index in [1.165, 1.54) is 31.3 Å². The summed E-state index contributed by atoms with van der Waals surface area (Å²) in [5, 5.41) is 6.09. The first-order valence-electron chi connectivity index (χ1n) is 8.16. The lowest BCUT2D eigenvalue weighted by Gasteiger charge is -2.21. The van der Waals surface area contributed by atoms with Crippen LogP contribution in [0.2, 0.25) is 0 Å². The van der Waals surface area contributed by atoms with Crippen molar-refractivity contribution in [1.82, 2.24) is 10.2 Å². The molecular weight excluding hydrogens is 417 g/mol. The summed E-state index contributed by atoms with van der Waals surface area (Å²) in [6.07, 6.45) is 0. The van der Waals surface area contributed by atoms with Gasteiger partial charge in [-0.1, -0.05) is 32.6 Å². The van der Waals surface area contributed by atoms with E-state index in [2.05, 4.69) is 38.5 Å². The highest BCUT2D eigenvalue weighted by atomic mass is 79.9. The van der Waals surface area contributed by atoms with Crippen LogP contribution in [-0.2, 0) is 4.57 Å². The van der Waals surface area contributed by atoms with Crippen molar-refractivity contribution < 1.29 is 14.3 Å². The molecule has 1 fully saturated rings. The predicted octanol–water partition coefficient (Wildman–Crippen LogP) is 1.95. The summed E-state index contributed by atoms with van der Waals surface area (Å²) in [5.41, 5.74) is 0.938. The van der Waals surface area contributed by atoms with Gasteiger partial charge >= 0.3 is 8.03 Å². The number of rotatable bonds is 3. The smallest absolute Gasteiger partial charge is 0.348 e. The van der Waals surface area contributed by atoms with E-state index in [0.29, 0.717) is 11.3 Å². The van der Waals surface area contributed by atoms with Gasteiger partial charge in [0.2, 0.25) is 0 Å². The number of nitrogens with zero attached hydrogens (tertiary/aromatic N) is 1. The lowest BCUT2D eigenvalue weighted by Crippen LogP contribution is -2.40. The number of hydrogen-bond acceptors (Lipinski definition) is 5. The van der Waals surface area contributed by atoms with E-state index in [1.54, 1.807) is 24.3 Å². The Balaban J connectivity index is 0.000000290. The summed E-state index contributed by atoms with van der Waals surface area (Å²) in [4.78, 5) is 25.2. The molecule has 1 aliphatic rings. The Kier molecular flexibility index (Phi) is 8.35. The van der Waals surface area contributed by atoms with Gasteiger partial charge < -0.3 is 20.4 Å². The minimum absolute atomic E-state index is 0.122. The molecule has 0 spiro atoms. The minimum atomic E-state index is -2.69. The molecule has 3 rings (SSSR count). The Morgan fingerprint density at radius 3 is 2.46 bits per heavy atom. The molecule has 1 atom stereocenters. The third-order valence-electron chi connectivity index (χ3n) is 3.74. The molecular formula is C18H21BrN3O3P. The van der Waals surface area contributed by atoms with Crippen molar-refractivity contribution in [3.8, 4) is 0 Å². The van der Waals surface area contributed by atoms with Crippen LogP contribution >= 0.6 is 24.0 Å². The zero-order valence-corrected chi connectivity index (χ0v) is 16.9. The molecule has 1 heterocycles. The van der Waals surface area contributed by atoms with Gasteiger partial charge in [-0.05, 0) is 37.4 Å². The maximum Gasteiger partial charge on any atom is 0.348 e. The standard InChI is InChI=1S/C13H9BrNO3P.C5H12N2/c14-10-4-2-5-11(8-10)15-13(16)9-3-1-6-12(7-9)19(17)18;1-7-4-2-6-3-5-7/h1-8H,(H,15,16);6H,2-5H2,1H3. The summed E-state index contributed by atoms with van der Waals surface area (Å²) < 4.78 is 11.7. The number of nitrogens with one attached hydrogen (secondary N) is 2. The van der Waals surface area contributed by atoms with Crippen molar-refractivity contribution in [2.45, 2.75) is 0 Å². The van der Waals surface area contributed by atoms with E-state index >= 15 is 0 Å². The average Bonchev–Trinajstić information content (AvgIpc) is 2.63. The normalized spacial score (nSPS) is 14.8. The molecule has 2 aromatic carbocycles. The molecule has 0 bridgehead atoms. The van der Waals surface area contributed by atoms with Crippen molar-refractivity contribution in [3.63, 3.8) is 0 Å². The maximum absolute atomic E-state index is 12.0. The van der Waals surface area contributed by atoms with Crippen LogP contribution in [0.4, 0.5) is 5.69 Å². The lowest BCUT2D eigenvalue weighted by molar-refractivity contribution is -0.160. The highest BCUT2D eigenvalue weighted by Crippen LogP contribution is 2.17. The monoisotopic (exact) mass is 437 g/mol. The van der Waals surface area contributed by atoms with Gasteiger partial charge in [-0.2, -0.15) is 0 Å². The zero-order valence-electron chi connectivity index (χ0n) is 14.4. The van der Waals surface area contributed by atoms with E-state index in [0.717, 1.165) is 17.6 Å². The molecule has 2 aromatic rings. The number of carbonyl (C=O) groups excluding carboxylic acids is 1. The number of likely N-dealkylation sites (N-methyl/N-ethyl adjacent to an activating group) is 1. The van der Waals surface area contributed by atoms with Crippen LogP contribution in [0.3, 0.4) is 0 Å². The second-order valence-corrected chi connectivity index (χ2v) is 7.77. The predicted molar refractivity (Wildman–Crippen MR) is 106 cm³/mol. The summed E-state index contributed by atoms with van der Waals surface area (Å²) in [5.74, 6) is -0.350. The molecule has 1 amide bonds. The lowest BCUT2D eigenvalue weighted by atomic mass is 10.2. The molecule has 0 aromatic heterocycles. The van der Waals surface area contributed by atoms with Crippen LogP contribution in [0.25, 0.3) is 0 Å². The SMILES string of the molecule is CN1CCNCC1.O=C(Nc1cccc(Br)c1)c1cccc([P+](=O)[O-])c1. The van der Waals surface area contributed by atoms with Gasteiger partial charge in [-0.3, -0.25) is 4.79 Å². The van der Waals surface area contributed by atoms with Crippen LogP contribution in [0, 0.1) is 0 Å². The maximum atomic E-state index is 12.0. The third kappa shape index (κ3) is 6.94. The number of amides is 1. The van der Waals surface area contributed by atoms with E-state index in [-0.39, 0.29) is 11.2 Å². The minimum Gasteiger partial charge on any atom is -0.591 e. The fourth-order valence-corrected chi connectivity index (χ4v) is 3.16. The number of hydrogen-bond donors (Lipinski definition) is 2. The molecule has 0 aliphatic carbocycles. The van der Waals surface area contributed by atoms with Crippen molar-refractivity contribution in [2.75, 3.05) is 38.5 Å². The fourth-order valence-electron chi connectivity index (χ4n) is 2.31. The summed E-state index contributed by atoms with van der Waals surface area (Å²) in [6.45, 7) is 4.74. The van der Waals surface area contributed by atoms with Crippen molar-refractivity contribution >= 4 is 40.9 Å². The summed E-state index contributed by atoms with van der Waals surface area (Å²) >= 11 is 3.31. The molecule has 0 radical (unpaired) electrons. The molecule has 8 heteroatoms. The van der Waals surface area contributed by atoms with E-state index in [1.807, 2.05) is 6.07 Å². The molecule has 1 aliphatic heterocycles. The Labute approximate surface area is 162 Å². The Bertz CT molecular complexity index is 767. The van der Waals surface area contributed by atoms with E-state index < -0.39 is 8.03 Å². The molecule has 0 saturated carbocycles. The fraction of sp³-hybridized carbons (Fsp3) is 0.278. The molecule has 1 unspecified atom stereocenters. The topological polar surface area (TPSA) is 84.5 Å². The van der Waals surface area contributed by atoms with Crippen LogP contribution < -0.4 is 20.8 Å². The van der Waals surface area contributed by atoms with Gasteiger partial charge in [0.1, 0.15) is 0 Å². The van der Waals surface area contributed by atoms with Gasteiger partial charge in [-0.15, -0.1) is 0 Å². The quantitative estimate of drug-likeness (QED) is 0.716. The second kappa shape index (κ2) is 10.5. The third-order valence-corrected chi connectivity index (χ3v) is 4.94. The Morgan fingerprint density at radius 2 is 1.88 bits per heavy atom. The summed E-state index contributed by atoms with van der Waals surface area (Å²) in [7, 11) is -0.535. The second-order valence-electron chi connectivity index (χ2n) is 5.83. The first kappa shape index (κ1) is 20.7. The van der Waals surface area contributed by atoms with Crippen LogP contribution in [0.5, 0.6) is 0 Å². The van der Waals surface area contributed by atoms with E-state index in [9.17, 15) is 14.3 Å². The molecule has 138 valence electrons. The zero-order chi connectivity index (χ0) is 18.9. The Hall–Kier alpha value is -1.63. The summed E-state index contributed by atoms with van der Waals surface area (Å²) in [6, 6.07) is 13.0. The van der Waals surface area contributed by atoms with Crippen LogP contribution in [0.1, 0.15) is 10.4 Å². The molecule has 26 heavy (non-hydrogen) atoms. The molecule has 1 saturated heterocycles. The first-order valence-corrected chi connectivity index (χ1v) is 10.1. The Morgan fingerprint density at radius 1 is 1.19 bits per heavy atom. The van der Waals surface area contributed by atoms with Gasteiger partial charge in [-0.25, -0.2) is 0 Å². The van der Waals surface area contributed by atoms with Crippen LogP contribution in [0.15, 0.2) is 53.0 Å². The number of benzene rings is 2. The largest absolute Gasteiger partial charge is 0.591 e.